The molecule has 0 aliphatic carbocycles. The minimum absolute atomic E-state index is 0.175. The fraction of sp³-hybridized carbons (Fsp3) is 0.105. The first-order chi connectivity index (χ1) is 11.1. The Balaban J connectivity index is 1.82. The summed E-state index contributed by atoms with van der Waals surface area (Å²) in [7, 11) is 0. The first kappa shape index (κ1) is 14.9. The molecule has 0 radical (unpaired) electrons. The summed E-state index contributed by atoms with van der Waals surface area (Å²) < 4.78 is 0. The lowest BCUT2D eigenvalue weighted by atomic mass is 10.1. The number of aliphatic imine (C=N–C) groups is 1. The van der Waals surface area contributed by atoms with E-state index in [0.29, 0.717) is 5.70 Å². The molecule has 0 spiro atoms. The molecule has 2 unspecified atom stereocenters. The molecule has 0 bridgehead atoms. The highest BCUT2D eigenvalue weighted by Gasteiger charge is 2.30. The van der Waals surface area contributed by atoms with Crippen molar-refractivity contribution in [3.05, 3.63) is 90.6 Å². The highest BCUT2D eigenvalue weighted by atomic mass is 15.2. The Labute approximate surface area is 136 Å². The number of hydrogen-bond donors (Lipinski definition) is 3. The summed E-state index contributed by atoms with van der Waals surface area (Å²) in [6, 6.07) is 19.7. The van der Waals surface area contributed by atoms with Crippen LogP contribution in [0.3, 0.4) is 0 Å². The Kier molecular flexibility index (Phi) is 4.15. The van der Waals surface area contributed by atoms with Gasteiger partial charge in [-0.1, -0.05) is 73.8 Å². The molecule has 0 saturated heterocycles. The van der Waals surface area contributed by atoms with E-state index in [1.54, 1.807) is 0 Å². The first-order valence-electron chi connectivity index (χ1n) is 7.50. The van der Waals surface area contributed by atoms with Crippen LogP contribution in [0.25, 0.3) is 5.70 Å². The number of benzene rings is 2. The van der Waals surface area contributed by atoms with Gasteiger partial charge in [-0.25, -0.2) is 4.99 Å². The van der Waals surface area contributed by atoms with Crippen LogP contribution in [-0.4, -0.2) is 18.0 Å². The quantitative estimate of drug-likeness (QED) is 0.795. The minimum Gasteiger partial charge on any atom is -0.401 e. The predicted molar refractivity (Wildman–Crippen MR) is 95.6 cm³/mol. The minimum atomic E-state index is -0.240. The summed E-state index contributed by atoms with van der Waals surface area (Å²) >= 11 is 0. The molecule has 23 heavy (non-hydrogen) atoms. The molecule has 4 heteroatoms. The second-order valence-electron chi connectivity index (χ2n) is 5.47. The number of nitrogens with two attached hydrogens (primary N) is 1. The van der Waals surface area contributed by atoms with Crippen LogP contribution in [0.15, 0.2) is 84.5 Å². The third kappa shape index (κ3) is 3.26. The third-order valence-corrected chi connectivity index (χ3v) is 3.77. The lowest BCUT2D eigenvalue weighted by molar-refractivity contribution is 0.543. The van der Waals surface area contributed by atoms with Crippen LogP contribution in [0.5, 0.6) is 0 Å². The summed E-state index contributed by atoms with van der Waals surface area (Å²) in [5, 5.41) is 6.68. The Hall–Kier alpha value is -3.01. The highest BCUT2D eigenvalue weighted by molar-refractivity contribution is 6.00. The van der Waals surface area contributed by atoms with Gasteiger partial charge < -0.3 is 16.4 Å². The molecule has 3 rings (SSSR count). The van der Waals surface area contributed by atoms with E-state index in [1.807, 2.05) is 60.7 Å². The van der Waals surface area contributed by atoms with Crippen molar-refractivity contribution in [3.63, 3.8) is 0 Å². The number of hydrogen-bond acceptors (Lipinski definition) is 4. The van der Waals surface area contributed by atoms with Gasteiger partial charge in [-0.05, 0) is 5.56 Å². The molecule has 2 aromatic rings. The molecule has 0 saturated carbocycles. The zero-order chi connectivity index (χ0) is 16.2. The second kappa shape index (κ2) is 6.40. The molecular formula is C19H20N4. The van der Waals surface area contributed by atoms with Gasteiger partial charge in [0.2, 0.25) is 0 Å². The van der Waals surface area contributed by atoms with Gasteiger partial charge in [0.25, 0.3) is 0 Å². The maximum Gasteiger partial charge on any atom is 0.147 e. The van der Waals surface area contributed by atoms with Crippen molar-refractivity contribution >= 4 is 11.5 Å². The maximum absolute atomic E-state index is 5.94. The van der Waals surface area contributed by atoms with Gasteiger partial charge in [-0.15, -0.1) is 0 Å². The number of nitrogens with one attached hydrogen (secondary N) is 2. The topological polar surface area (TPSA) is 62.4 Å². The predicted octanol–water partition coefficient (Wildman–Crippen LogP) is 2.46. The Morgan fingerprint density at radius 1 is 1.00 bits per heavy atom. The molecule has 4 N–H and O–H groups in total. The summed E-state index contributed by atoms with van der Waals surface area (Å²) in [4.78, 5) is 4.72. The Bertz CT molecular complexity index is 734. The summed E-state index contributed by atoms with van der Waals surface area (Å²) in [5.41, 5.74) is 9.34. The van der Waals surface area contributed by atoms with E-state index in [-0.39, 0.29) is 12.2 Å². The van der Waals surface area contributed by atoms with Gasteiger partial charge >= 0.3 is 0 Å². The van der Waals surface area contributed by atoms with Crippen LogP contribution in [-0.2, 0) is 0 Å². The van der Waals surface area contributed by atoms with Gasteiger partial charge in [-0.2, -0.15) is 0 Å². The number of nitrogens with zero attached hydrogens (tertiary/aromatic N) is 1. The molecular weight excluding hydrogens is 284 g/mol. The summed E-state index contributed by atoms with van der Waals surface area (Å²) in [6.45, 7) is 7.97. The molecule has 2 aromatic carbocycles. The van der Waals surface area contributed by atoms with Crippen molar-refractivity contribution in [2.75, 3.05) is 0 Å². The summed E-state index contributed by atoms with van der Waals surface area (Å²) in [6.07, 6.45) is -0.240. The average Bonchev–Trinajstić information content (AvgIpc) is 3.00. The molecule has 1 aliphatic rings. The van der Waals surface area contributed by atoms with Crippen LogP contribution in [0.2, 0.25) is 0 Å². The molecule has 0 fully saturated rings. The zero-order valence-corrected chi connectivity index (χ0v) is 12.9. The molecule has 1 heterocycles. The molecule has 0 amide bonds. The van der Waals surface area contributed by atoms with E-state index in [0.717, 1.165) is 22.7 Å². The lowest BCUT2D eigenvalue weighted by Gasteiger charge is -2.21. The van der Waals surface area contributed by atoms with E-state index in [2.05, 4.69) is 23.8 Å². The third-order valence-electron chi connectivity index (χ3n) is 3.77. The molecule has 1 aliphatic heterocycles. The first-order valence-corrected chi connectivity index (χ1v) is 7.50. The molecule has 0 aromatic heterocycles. The summed E-state index contributed by atoms with van der Waals surface area (Å²) in [5.74, 6) is 0.806. The van der Waals surface area contributed by atoms with Gasteiger partial charge in [-0.3, -0.25) is 0 Å². The van der Waals surface area contributed by atoms with Crippen molar-refractivity contribution < 1.29 is 0 Å². The van der Waals surface area contributed by atoms with E-state index >= 15 is 0 Å². The largest absolute Gasteiger partial charge is 0.401 e. The van der Waals surface area contributed by atoms with Gasteiger partial charge in [0.15, 0.2) is 0 Å². The monoisotopic (exact) mass is 304 g/mol. The standard InChI is InChI=1S/C19H20N4/c1-13(20)17-19(21-14(2)15-9-5-3-6-10-15)23-18(22-17)16-11-7-4-8-12-16/h3-12,17,19,21H,1-2,20H2,(H,22,23). The molecule has 116 valence electrons. The highest BCUT2D eigenvalue weighted by Crippen LogP contribution is 2.17. The normalized spacial score (nSPS) is 19.6. The Morgan fingerprint density at radius 3 is 2.22 bits per heavy atom. The lowest BCUT2D eigenvalue weighted by Crippen LogP contribution is -2.44. The second-order valence-corrected chi connectivity index (χ2v) is 5.47. The van der Waals surface area contributed by atoms with Crippen LogP contribution in [0.1, 0.15) is 11.1 Å². The smallest absolute Gasteiger partial charge is 0.147 e. The van der Waals surface area contributed by atoms with Crippen molar-refractivity contribution in [2.45, 2.75) is 12.2 Å². The van der Waals surface area contributed by atoms with E-state index in [4.69, 9.17) is 10.7 Å². The van der Waals surface area contributed by atoms with E-state index < -0.39 is 0 Å². The number of amidine groups is 1. The molecule has 4 nitrogen and oxygen atoms in total. The van der Waals surface area contributed by atoms with Crippen molar-refractivity contribution in [3.8, 4) is 0 Å². The Morgan fingerprint density at radius 2 is 1.61 bits per heavy atom. The van der Waals surface area contributed by atoms with Gasteiger partial charge in [0.05, 0.1) is 0 Å². The SMILES string of the molecule is C=C(NC1N=C(c2ccccc2)NC1C(=C)N)c1ccccc1. The van der Waals surface area contributed by atoms with Crippen molar-refractivity contribution in [1.82, 2.24) is 10.6 Å². The van der Waals surface area contributed by atoms with Gasteiger partial charge in [0.1, 0.15) is 18.0 Å². The average molecular weight is 304 g/mol. The van der Waals surface area contributed by atoms with E-state index in [1.165, 1.54) is 0 Å². The van der Waals surface area contributed by atoms with Crippen LogP contribution >= 0.6 is 0 Å². The van der Waals surface area contributed by atoms with Crippen LogP contribution < -0.4 is 16.4 Å². The van der Waals surface area contributed by atoms with E-state index in [9.17, 15) is 0 Å². The zero-order valence-electron chi connectivity index (χ0n) is 12.9. The maximum atomic E-state index is 5.94. The molecule has 2 atom stereocenters. The van der Waals surface area contributed by atoms with Crippen LogP contribution in [0, 0.1) is 0 Å². The fourth-order valence-corrected chi connectivity index (χ4v) is 2.54. The number of rotatable bonds is 5. The van der Waals surface area contributed by atoms with Crippen molar-refractivity contribution in [1.29, 1.82) is 0 Å². The van der Waals surface area contributed by atoms with Crippen LogP contribution in [0.4, 0.5) is 0 Å². The van der Waals surface area contributed by atoms with Crippen molar-refractivity contribution in [2.24, 2.45) is 10.7 Å². The van der Waals surface area contributed by atoms with Gasteiger partial charge in [0, 0.05) is 17.0 Å². The fourth-order valence-electron chi connectivity index (χ4n) is 2.54.